The Labute approximate surface area is 122 Å². The quantitative estimate of drug-likeness (QED) is 0.744. The van der Waals surface area contributed by atoms with Gasteiger partial charge in [0.05, 0.1) is 5.88 Å². The number of pyridine rings is 1. The predicted octanol–water partition coefficient (Wildman–Crippen LogP) is 4.45. The Morgan fingerprint density at radius 1 is 1.26 bits per heavy atom. The van der Waals surface area contributed by atoms with Gasteiger partial charge in [0.25, 0.3) is 0 Å². The maximum Gasteiger partial charge on any atom is 0.133 e. The van der Waals surface area contributed by atoms with Crippen molar-refractivity contribution in [3.05, 3.63) is 22.9 Å². The minimum absolute atomic E-state index is 0.453. The number of hydrogen-bond acceptors (Lipinski definition) is 2. The molecule has 0 radical (unpaired) electrons. The number of aryl methyl sites for hydroxylation is 2. The molecule has 2 nitrogen and oxygen atoms in total. The lowest BCUT2D eigenvalue weighted by molar-refractivity contribution is 0.325. The van der Waals surface area contributed by atoms with E-state index in [9.17, 15) is 0 Å². The Hall–Kier alpha value is -0.760. The van der Waals surface area contributed by atoms with E-state index in [4.69, 9.17) is 16.6 Å². The molecule has 0 bridgehead atoms. The summed E-state index contributed by atoms with van der Waals surface area (Å²) in [5, 5.41) is 0. The van der Waals surface area contributed by atoms with Crippen LogP contribution < -0.4 is 4.90 Å². The van der Waals surface area contributed by atoms with Crippen molar-refractivity contribution in [3.8, 4) is 0 Å². The van der Waals surface area contributed by atoms with Crippen LogP contribution >= 0.6 is 11.6 Å². The number of aromatic nitrogens is 1. The molecule has 2 rings (SSSR count). The van der Waals surface area contributed by atoms with Gasteiger partial charge >= 0.3 is 0 Å². The predicted molar refractivity (Wildman–Crippen MR) is 83.1 cm³/mol. The smallest absolute Gasteiger partial charge is 0.133 e. The lowest BCUT2D eigenvalue weighted by atomic mass is 9.85. The lowest BCUT2D eigenvalue weighted by Gasteiger charge is -2.26. The average molecular weight is 281 g/mol. The summed E-state index contributed by atoms with van der Waals surface area (Å²) in [5.41, 5.74) is 4.01. The van der Waals surface area contributed by atoms with Crippen molar-refractivity contribution < 1.29 is 0 Å². The molecule has 0 unspecified atom stereocenters. The fraction of sp³-hybridized carbons (Fsp3) is 0.688. The van der Waals surface area contributed by atoms with Crippen LogP contribution in [0.1, 0.15) is 49.9 Å². The zero-order valence-corrected chi connectivity index (χ0v) is 13.3. The van der Waals surface area contributed by atoms with Gasteiger partial charge in [0.15, 0.2) is 0 Å². The largest absolute Gasteiger partial charge is 0.356 e. The molecule has 2 heterocycles. The van der Waals surface area contributed by atoms with Crippen molar-refractivity contribution in [2.75, 3.05) is 18.0 Å². The summed E-state index contributed by atoms with van der Waals surface area (Å²) in [7, 11) is 0. The summed E-state index contributed by atoms with van der Waals surface area (Å²) in [4.78, 5) is 7.20. The molecule has 1 fully saturated rings. The third kappa shape index (κ3) is 3.42. The molecule has 106 valence electrons. The van der Waals surface area contributed by atoms with Gasteiger partial charge in [-0.3, -0.25) is 0 Å². The Kier molecular flexibility index (Phi) is 4.39. The number of rotatable bonds is 2. The first-order chi connectivity index (χ1) is 8.93. The fourth-order valence-corrected chi connectivity index (χ4v) is 3.24. The normalized spacial score (nSPS) is 19.3. The lowest BCUT2D eigenvalue weighted by Crippen LogP contribution is -2.27. The van der Waals surface area contributed by atoms with Gasteiger partial charge in [-0.05, 0) is 50.2 Å². The van der Waals surface area contributed by atoms with Crippen LogP contribution in [0.5, 0.6) is 0 Å². The maximum atomic E-state index is 6.14. The molecular weight excluding hydrogens is 256 g/mol. The van der Waals surface area contributed by atoms with Crippen LogP contribution in [0.4, 0.5) is 5.82 Å². The van der Waals surface area contributed by atoms with E-state index in [1.54, 1.807) is 0 Å². The Morgan fingerprint density at radius 2 is 2.00 bits per heavy atom. The molecule has 19 heavy (non-hydrogen) atoms. The monoisotopic (exact) mass is 280 g/mol. The SMILES string of the molecule is Cc1cc(C)c(CCl)c(N2CCCC(C)(C)CC2)n1. The van der Waals surface area contributed by atoms with Gasteiger partial charge in [-0.2, -0.15) is 0 Å². The third-order valence-electron chi connectivity index (χ3n) is 4.23. The highest BCUT2D eigenvalue weighted by molar-refractivity contribution is 6.17. The molecule has 1 aliphatic rings. The molecule has 1 aromatic rings. The van der Waals surface area contributed by atoms with E-state index < -0.39 is 0 Å². The third-order valence-corrected chi connectivity index (χ3v) is 4.49. The summed E-state index contributed by atoms with van der Waals surface area (Å²) >= 11 is 6.14. The zero-order valence-electron chi connectivity index (χ0n) is 12.6. The molecule has 0 saturated carbocycles. The minimum Gasteiger partial charge on any atom is -0.356 e. The molecule has 0 atom stereocenters. The zero-order chi connectivity index (χ0) is 14.0. The van der Waals surface area contributed by atoms with Crippen molar-refractivity contribution >= 4 is 17.4 Å². The second kappa shape index (κ2) is 5.70. The van der Waals surface area contributed by atoms with Crippen molar-refractivity contribution in [1.82, 2.24) is 4.98 Å². The van der Waals surface area contributed by atoms with Crippen LogP contribution in [0.15, 0.2) is 6.07 Å². The van der Waals surface area contributed by atoms with E-state index in [1.807, 2.05) is 0 Å². The summed E-state index contributed by atoms with van der Waals surface area (Å²) < 4.78 is 0. The molecule has 0 N–H and O–H groups in total. The highest BCUT2D eigenvalue weighted by Gasteiger charge is 2.25. The van der Waals surface area contributed by atoms with Crippen molar-refractivity contribution in [2.45, 2.75) is 52.8 Å². The molecule has 0 aliphatic carbocycles. The van der Waals surface area contributed by atoms with Crippen LogP contribution in [0.2, 0.25) is 0 Å². The van der Waals surface area contributed by atoms with Gasteiger partial charge in [0.1, 0.15) is 5.82 Å². The van der Waals surface area contributed by atoms with E-state index in [1.165, 1.54) is 30.4 Å². The highest BCUT2D eigenvalue weighted by atomic mass is 35.5. The molecular formula is C16H25ClN2. The number of alkyl halides is 1. The Balaban J connectivity index is 2.31. The van der Waals surface area contributed by atoms with Crippen LogP contribution in [-0.2, 0) is 5.88 Å². The Bertz CT molecular complexity index is 454. The average Bonchev–Trinajstić information content (AvgIpc) is 2.49. The van der Waals surface area contributed by atoms with Crippen molar-refractivity contribution in [2.24, 2.45) is 5.41 Å². The number of halogens is 1. The molecule has 0 aromatic carbocycles. The van der Waals surface area contributed by atoms with Gasteiger partial charge in [-0.1, -0.05) is 13.8 Å². The summed E-state index contributed by atoms with van der Waals surface area (Å²) in [6.07, 6.45) is 3.76. The number of anilines is 1. The first-order valence-electron chi connectivity index (χ1n) is 7.21. The molecule has 3 heteroatoms. The molecule has 0 amide bonds. The summed E-state index contributed by atoms with van der Waals surface area (Å²) in [6.45, 7) is 11.1. The topological polar surface area (TPSA) is 16.1 Å². The minimum atomic E-state index is 0.453. The molecule has 1 aliphatic heterocycles. The van der Waals surface area contributed by atoms with Gasteiger partial charge < -0.3 is 4.90 Å². The second-order valence-electron chi connectivity index (χ2n) is 6.52. The molecule has 1 aromatic heterocycles. The number of nitrogens with zero attached hydrogens (tertiary/aromatic N) is 2. The molecule has 0 spiro atoms. The standard InChI is InChI=1S/C16H25ClN2/c1-12-10-13(2)18-15(14(12)11-17)19-8-5-6-16(3,4)7-9-19/h10H,5-9,11H2,1-4H3. The first-order valence-corrected chi connectivity index (χ1v) is 7.74. The van der Waals surface area contributed by atoms with E-state index in [2.05, 4.69) is 38.7 Å². The van der Waals surface area contributed by atoms with Crippen LogP contribution in [-0.4, -0.2) is 18.1 Å². The van der Waals surface area contributed by atoms with Crippen LogP contribution in [0.25, 0.3) is 0 Å². The highest BCUT2D eigenvalue weighted by Crippen LogP contribution is 2.33. The maximum absolute atomic E-state index is 6.14. The first kappa shape index (κ1) is 14.6. The fourth-order valence-electron chi connectivity index (χ4n) is 2.91. The summed E-state index contributed by atoms with van der Waals surface area (Å²) in [6, 6.07) is 2.13. The van der Waals surface area contributed by atoms with Gasteiger partial charge in [0, 0.05) is 24.3 Å². The van der Waals surface area contributed by atoms with Crippen LogP contribution in [0.3, 0.4) is 0 Å². The van der Waals surface area contributed by atoms with Crippen molar-refractivity contribution in [1.29, 1.82) is 0 Å². The van der Waals surface area contributed by atoms with Crippen molar-refractivity contribution in [3.63, 3.8) is 0 Å². The van der Waals surface area contributed by atoms with E-state index in [0.29, 0.717) is 11.3 Å². The Morgan fingerprint density at radius 3 is 2.68 bits per heavy atom. The van der Waals surface area contributed by atoms with Gasteiger partial charge in [-0.15, -0.1) is 11.6 Å². The van der Waals surface area contributed by atoms with E-state index in [0.717, 1.165) is 24.6 Å². The van der Waals surface area contributed by atoms with Gasteiger partial charge in [0.2, 0.25) is 0 Å². The second-order valence-corrected chi connectivity index (χ2v) is 6.79. The number of hydrogen-bond donors (Lipinski definition) is 0. The van der Waals surface area contributed by atoms with E-state index in [-0.39, 0.29) is 0 Å². The molecule has 1 saturated heterocycles. The van der Waals surface area contributed by atoms with Crippen LogP contribution in [0, 0.1) is 19.3 Å². The van der Waals surface area contributed by atoms with Gasteiger partial charge in [-0.25, -0.2) is 4.98 Å². The summed E-state index contributed by atoms with van der Waals surface area (Å²) in [5.74, 6) is 1.67. The van der Waals surface area contributed by atoms with E-state index >= 15 is 0 Å².